The van der Waals surface area contributed by atoms with Crippen molar-refractivity contribution in [2.24, 2.45) is 0 Å². The van der Waals surface area contributed by atoms with Crippen molar-refractivity contribution in [1.82, 2.24) is 5.16 Å². The topological polar surface area (TPSA) is 98.5 Å². The third-order valence-corrected chi connectivity index (χ3v) is 4.76. The number of ether oxygens (including phenoxy) is 1. The Bertz CT molecular complexity index is 798. The monoisotopic (exact) mass is 352 g/mol. The van der Waals surface area contributed by atoms with Crippen LogP contribution in [0.5, 0.6) is 5.75 Å². The van der Waals surface area contributed by atoms with Crippen molar-refractivity contribution in [3.63, 3.8) is 0 Å². The maximum absolute atomic E-state index is 12.2. The Balaban J connectivity index is 1.93. The summed E-state index contributed by atoms with van der Waals surface area (Å²) in [6, 6.07) is 8.54. The summed E-state index contributed by atoms with van der Waals surface area (Å²) in [5.41, 5.74) is 0.590. The van der Waals surface area contributed by atoms with E-state index >= 15 is 0 Å². The highest BCUT2D eigenvalue weighted by Crippen LogP contribution is 2.21. The maximum atomic E-state index is 12.2. The van der Waals surface area contributed by atoms with Crippen LogP contribution in [0.1, 0.15) is 24.7 Å². The van der Waals surface area contributed by atoms with Gasteiger partial charge in [-0.15, -0.1) is 0 Å². The van der Waals surface area contributed by atoms with E-state index in [0.29, 0.717) is 23.7 Å². The highest BCUT2D eigenvalue weighted by Gasteiger charge is 2.17. The molecule has 2 aromatic rings. The second-order valence-corrected chi connectivity index (χ2v) is 7.44. The molecule has 0 radical (unpaired) electrons. The third-order valence-electron chi connectivity index (χ3n) is 3.18. The minimum absolute atomic E-state index is 0.148. The second kappa shape index (κ2) is 7.96. The Morgan fingerprint density at radius 2 is 2.08 bits per heavy atom. The van der Waals surface area contributed by atoms with Gasteiger partial charge < -0.3 is 14.6 Å². The lowest BCUT2D eigenvalue weighted by Crippen LogP contribution is -2.18. The van der Waals surface area contributed by atoms with E-state index in [0.717, 1.165) is 0 Å². The summed E-state index contributed by atoms with van der Waals surface area (Å²) < 4.78 is 34.8. The highest BCUT2D eigenvalue weighted by atomic mass is 32.2. The van der Waals surface area contributed by atoms with E-state index in [2.05, 4.69) is 10.5 Å². The Hall–Kier alpha value is -2.35. The number of carbonyl (C=O) groups excluding carboxylic acids is 1. The zero-order valence-electron chi connectivity index (χ0n) is 13.6. The number of aryl methyl sites for hydroxylation is 1. The van der Waals surface area contributed by atoms with E-state index < -0.39 is 15.7 Å². The van der Waals surface area contributed by atoms with Crippen molar-refractivity contribution in [2.75, 3.05) is 17.7 Å². The number of hydrogen-bond acceptors (Lipinski definition) is 6. The molecule has 0 aliphatic carbocycles. The van der Waals surface area contributed by atoms with Gasteiger partial charge in [0, 0.05) is 18.1 Å². The third kappa shape index (κ3) is 5.38. The summed E-state index contributed by atoms with van der Waals surface area (Å²) in [4.78, 5) is 11.8. The Morgan fingerprint density at radius 3 is 2.75 bits per heavy atom. The molecule has 2 rings (SSSR count). The normalized spacial score (nSPS) is 11.2. The number of hydrogen-bond donors (Lipinski definition) is 1. The fourth-order valence-corrected chi connectivity index (χ4v) is 3.46. The summed E-state index contributed by atoms with van der Waals surface area (Å²) in [5, 5.41) is 6.13. The molecule has 1 heterocycles. The zero-order valence-corrected chi connectivity index (χ0v) is 14.4. The first-order valence-corrected chi connectivity index (χ1v) is 9.36. The van der Waals surface area contributed by atoms with Crippen molar-refractivity contribution < 1.29 is 22.5 Å². The zero-order chi connectivity index (χ0) is 17.6. The summed E-state index contributed by atoms with van der Waals surface area (Å²) >= 11 is 0. The fourth-order valence-electron chi connectivity index (χ4n) is 2.11. The number of anilines is 1. The minimum atomic E-state index is -3.44. The number of benzene rings is 1. The Kier molecular flexibility index (Phi) is 5.97. The van der Waals surface area contributed by atoms with Gasteiger partial charge in [-0.05, 0) is 19.9 Å². The van der Waals surface area contributed by atoms with Gasteiger partial charge in [-0.1, -0.05) is 23.4 Å². The van der Waals surface area contributed by atoms with Crippen LogP contribution in [0.4, 0.5) is 5.82 Å². The lowest BCUT2D eigenvalue weighted by molar-refractivity contribution is -0.115. The minimum Gasteiger partial charge on any atom is -0.494 e. The molecule has 8 heteroatoms. The van der Waals surface area contributed by atoms with Gasteiger partial charge in [0.2, 0.25) is 5.91 Å². The molecular weight excluding hydrogens is 332 g/mol. The van der Waals surface area contributed by atoms with E-state index in [1.165, 1.54) is 0 Å². The number of carbonyl (C=O) groups is 1. The molecule has 7 nitrogen and oxygen atoms in total. The lowest BCUT2D eigenvalue weighted by atomic mass is 10.2. The average molecular weight is 352 g/mol. The molecule has 0 spiro atoms. The molecule has 0 aliphatic rings. The average Bonchev–Trinajstić information content (AvgIpc) is 2.92. The predicted octanol–water partition coefficient (Wildman–Crippen LogP) is 2.33. The molecule has 1 aromatic carbocycles. The van der Waals surface area contributed by atoms with Gasteiger partial charge in [-0.3, -0.25) is 4.79 Å². The van der Waals surface area contributed by atoms with Gasteiger partial charge in [0.25, 0.3) is 0 Å². The van der Waals surface area contributed by atoms with Crippen LogP contribution >= 0.6 is 0 Å². The summed E-state index contributed by atoms with van der Waals surface area (Å²) in [5.74, 6) is 0.536. The van der Waals surface area contributed by atoms with Crippen LogP contribution in [0.15, 0.2) is 34.9 Å². The number of aromatic nitrogens is 1. The van der Waals surface area contributed by atoms with Crippen molar-refractivity contribution in [1.29, 1.82) is 0 Å². The first-order valence-electron chi connectivity index (χ1n) is 7.54. The second-order valence-electron chi connectivity index (χ2n) is 5.25. The predicted molar refractivity (Wildman–Crippen MR) is 89.6 cm³/mol. The van der Waals surface area contributed by atoms with Crippen LogP contribution in [-0.2, 0) is 20.4 Å². The summed E-state index contributed by atoms with van der Waals surface area (Å²) in [7, 11) is -3.44. The number of para-hydroxylation sites is 1. The van der Waals surface area contributed by atoms with Crippen LogP contribution in [0.25, 0.3) is 0 Å². The van der Waals surface area contributed by atoms with Crippen molar-refractivity contribution in [2.45, 2.75) is 26.0 Å². The molecule has 0 unspecified atom stereocenters. The van der Waals surface area contributed by atoms with Crippen LogP contribution in [-0.4, -0.2) is 31.8 Å². The molecule has 1 aromatic heterocycles. The molecule has 1 amide bonds. The molecule has 0 atom stereocenters. The Morgan fingerprint density at radius 1 is 1.33 bits per heavy atom. The van der Waals surface area contributed by atoms with E-state index in [4.69, 9.17) is 9.26 Å². The van der Waals surface area contributed by atoms with Gasteiger partial charge in [-0.25, -0.2) is 8.42 Å². The molecule has 0 saturated heterocycles. The smallest absolute Gasteiger partial charge is 0.226 e. The van der Waals surface area contributed by atoms with Crippen molar-refractivity contribution in [3.05, 3.63) is 41.7 Å². The fraction of sp³-hybridized carbons (Fsp3) is 0.375. The van der Waals surface area contributed by atoms with Crippen molar-refractivity contribution >= 4 is 21.6 Å². The van der Waals surface area contributed by atoms with E-state index in [1.807, 2.05) is 6.92 Å². The largest absolute Gasteiger partial charge is 0.494 e. The van der Waals surface area contributed by atoms with Crippen LogP contribution < -0.4 is 10.1 Å². The molecule has 24 heavy (non-hydrogen) atoms. The van der Waals surface area contributed by atoms with Crippen LogP contribution in [0, 0.1) is 6.92 Å². The SMILES string of the molecule is CCOc1ccccc1CS(=O)(=O)CCC(=O)Nc1cc(C)on1. The molecule has 0 fully saturated rings. The van der Waals surface area contributed by atoms with Gasteiger partial charge in [0.05, 0.1) is 18.1 Å². The van der Waals surface area contributed by atoms with E-state index in [1.54, 1.807) is 37.3 Å². The van der Waals surface area contributed by atoms with E-state index in [9.17, 15) is 13.2 Å². The van der Waals surface area contributed by atoms with Crippen LogP contribution in [0.2, 0.25) is 0 Å². The number of nitrogens with one attached hydrogen (secondary N) is 1. The molecule has 1 N–H and O–H groups in total. The lowest BCUT2D eigenvalue weighted by Gasteiger charge is -2.10. The molecule has 130 valence electrons. The quantitative estimate of drug-likeness (QED) is 0.783. The summed E-state index contributed by atoms with van der Waals surface area (Å²) in [6.45, 7) is 3.99. The van der Waals surface area contributed by atoms with Gasteiger partial charge in [0.1, 0.15) is 11.5 Å². The standard InChI is InChI=1S/C16H20N2O5S/c1-3-22-14-7-5-4-6-13(14)11-24(20,21)9-8-16(19)17-15-10-12(2)23-18-15/h4-7,10H,3,8-9,11H2,1-2H3,(H,17,18,19). The first kappa shape index (κ1) is 18.0. The van der Waals surface area contributed by atoms with Gasteiger partial charge in [-0.2, -0.15) is 0 Å². The molecule has 0 aliphatic heterocycles. The maximum Gasteiger partial charge on any atom is 0.226 e. The van der Waals surface area contributed by atoms with Gasteiger partial charge >= 0.3 is 0 Å². The molecule has 0 saturated carbocycles. The van der Waals surface area contributed by atoms with Crippen LogP contribution in [0.3, 0.4) is 0 Å². The number of amides is 1. The Labute approximate surface area is 140 Å². The molecule has 0 bridgehead atoms. The number of rotatable bonds is 8. The highest BCUT2D eigenvalue weighted by molar-refractivity contribution is 7.90. The number of sulfone groups is 1. The summed E-state index contributed by atoms with van der Waals surface area (Å²) in [6.07, 6.45) is -0.148. The van der Waals surface area contributed by atoms with Crippen molar-refractivity contribution in [3.8, 4) is 5.75 Å². The first-order chi connectivity index (χ1) is 11.4. The van der Waals surface area contributed by atoms with E-state index in [-0.39, 0.29) is 23.7 Å². The molecular formula is C16H20N2O5S. The van der Waals surface area contributed by atoms with Gasteiger partial charge in [0.15, 0.2) is 15.7 Å². The number of nitrogens with zero attached hydrogens (tertiary/aromatic N) is 1.